The van der Waals surface area contributed by atoms with Gasteiger partial charge in [0.25, 0.3) is 5.91 Å². The van der Waals surface area contributed by atoms with Gasteiger partial charge >= 0.3 is 0 Å². The lowest BCUT2D eigenvalue weighted by molar-refractivity contribution is -0.00390. The van der Waals surface area contributed by atoms with Crippen LogP contribution >= 0.6 is 0 Å². The Morgan fingerprint density at radius 3 is 3.18 bits per heavy atom. The van der Waals surface area contributed by atoms with Gasteiger partial charge in [0.1, 0.15) is 0 Å². The van der Waals surface area contributed by atoms with Crippen molar-refractivity contribution in [1.82, 2.24) is 25.1 Å². The fraction of sp³-hybridized carbons (Fsp3) is 0.267. The Bertz CT molecular complexity index is 795. The molecule has 4 rings (SSSR count). The summed E-state index contributed by atoms with van der Waals surface area (Å²) in [5.74, 6) is -0.0144. The van der Waals surface area contributed by atoms with Gasteiger partial charge < -0.3 is 14.6 Å². The van der Waals surface area contributed by atoms with Crippen molar-refractivity contribution in [3.8, 4) is 0 Å². The minimum Gasteiger partial charge on any atom is -0.377 e. The van der Waals surface area contributed by atoms with Crippen molar-refractivity contribution in [2.75, 3.05) is 19.8 Å². The molecule has 0 radical (unpaired) electrons. The second-order valence-electron chi connectivity index (χ2n) is 5.24. The van der Waals surface area contributed by atoms with Crippen molar-refractivity contribution in [1.29, 1.82) is 0 Å². The van der Waals surface area contributed by atoms with Gasteiger partial charge in [0.15, 0.2) is 0 Å². The number of H-pyrrole nitrogens is 2. The minimum absolute atomic E-state index is 0.0144. The molecule has 0 saturated carbocycles. The highest BCUT2D eigenvalue weighted by atomic mass is 16.5. The Labute approximate surface area is 126 Å². The molecule has 112 valence electrons. The van der Waals surface area contributed by atoms with Crippen LogP contribution in [0.4, 0.5) is 0 Å². The van der Waals surface area contributed by atoms with E-state index < -0.39 is 0 Å². The smallest absolute Gasteiger partial charge is 0.254 e. The first-order valence-electron chi connectivity index (χ1n) is 7.14. The quantitative estimate of drug-likeness (QED) is 0.750. The molecular formula is C15H15N5O2. The van der Waals surface area contributed by atoms with Crippen LogP contribution in [0.1, 0.15) is 22.1 Å². The molecule has 1 saturated heterocycles. The first-order chi connectivity index (χ1) is 10.8. The van der Waals surface area contributed by atoms with Gasteiger partial charge in [-0.1, -0.05) is 0 Å². The number of carbonyl (C=O) groups is 1. The zero-order chi connectivity index (χ0) is 14.9. The molecule has 3 heterocycles. The standard InChI is InChI=1S/C15H15N5O2/c21-15(10-1-2-11-13(7-10)17-9-16-11)20-5-6-22-8-14(20)12-3-4-18-19-12/h1-4,7,9,14H,5-6,8H2,(H,16,17)(H,18,19)/t14-/m0/s1. The van der Waals surface area contributed by atoms with E-state index in [9.17, 15) is 4.79 Å². The number of ether oxygens (including phenoxy) is 1. The SMILES string of the molecule is O=C(c1ccc2nc[nH]c2c1)N1CCOC[C@H]1c1ccn[nH]1. The average molecular weight is 297 g/mol. The number of aromatic amines is 2. The van der Waals surface area contributed by atoms with Gasteiger partial charge in [0, 0.05) is 18.3 Å². The van der Waals surface area contributed by atoms with Crippen LogP contribution in [0.25, 0.3) is 11.0 Å². The van der Waals surface area contributed by atoms with Crippen LogP contribution in [-0.4, -0.2) is 50.7 Å². The molecule has 0 bridgehead atoms. The first kappa shape index (κ1) is 13.0. The lowest BCUT2D eigenvalue weighted by Crippen LogP contribution is -2.43. The molecule has 3 aromatic rings. The summed E-state index contributed by atoms with van der Waals surface area (Å²) in [5.41, 5.74) is 3.24. The Balaban J connectivity index is 1.67. The zero-order valence-corrected chi connectivity index (χ0v) is 11.8. The third-order valence-electron chi connectivity index (χ3n) is 3.94. The Hall–Kier alpha value is -2.67. The van der Waals surface area contributed by atoms with E-state index in [-0.39, 0.29) is 11.9 Å². The number of nitrogens with zero attached hydrogens (tertiary/aromatic N) is 3. The lowest BCUT2D eigenvalue weighted by atomic mass is 10.1. The molecule has 1 aromatic carbocycles. The molecule has 22 heavy (non-hydrogen) atoms. The molecular weight excluding hydrogens is 282 g/mol. The van der Waals surface area contributed by atoms with Gasteiger partial charge in [-0.05, 0) is 24.3 Å². The maximum atomic E-state index is 12.9. The molecule has 1 amide bonds. The fourth-order valence-corrected chi connectivity index (χ4v) is 2.79. The lowest BCUT2D eigenvalue weighted by Gasteiger charge is -2.35. The number of hydrogen-bond acceptors (Lipinski definition) is 4. The summed E-state index contributed by atoms with van der Waals surface area (Å²) < 4.78 is 5.52. The molecule has 1 atom stereocenters. The van der Waals surface area contributed by atoms with Crippen molar-refractivity contribution >= 4 is 16.9 Å². The number of benzene rings is 1. The molecule has 0 aliphatic carbocycles. The van der Waals surface area contributed by atoms with E-state index in [1.165, 1.54) is 0 Å². The molecule has 1 aliphatic rings. The van der Waals surface area contributed by atoms with E-state index in [0.717, 1.165) is 16.7 Å². The number of fused-ring (bicyclic) bond motifs is 1. The number of hydrogen-bond donors (Lipinski definition) is 2. The molecule has 7 heteroatoms. The van der Waals surface area contributed by atoms with E-state index in [1.54, 1.807) is 12.5 Å². The van der Waals surface area contributed by atoms with Crippen LogP contribution in [0.3, 0.4) is 0 Å². The zero-order valence-electron chi connectivity index (χ0n) is 11.8. The topological polar surface area (TPSA) is 86.9 Å². The summed E-state index contributed by atoms with van der Waals surface area (Å²) in [4.78, 5) is 21.9. The second kappa shape index (κ2) is 5.27. The predicted octanol–water partition coefficient (Wildman–Crippen LogP) is 1.50. The minimum atomic E-state index is -0.138. The number of aromatic nitrogens is 4. The maximum Gasteiger partial charge on any atom is 0.254 e. The molecule has 2 N–H and O–H groups in total. The molecule has 0 spiro atoms. The average Bonchev–Trinajstić information content (AvgIpc) is 3.24. The number of rotatable bonds is 2. The van der Waals surface area contributed by atoms with Gasteiger partial charge in [-0.25, -0.2) is 4.98 Å². The van der Waals surface area contributed by atoms with Crippen LogP contribution in [0, 0.1) is 0 Å². The van der Waals surface area contributed by atoms with E-state index >= 15 is 0 Å². The highest BCUT2D eigenvalue weighted by Gasteiger charge is 2.30. The van der Waals surface area contributed by atoms with Crippen molar-refractivity contribution in [3.05, 3.63) is 48.0 Å². The molecule has 1 aliphatic heterocycles. The summed E-state index contributed by atoms with van der Waals surface area (Å²) in [6.45, 7) is 1.58. The Morgan fingerprint density at radius 2 is 2.32 bits per heavy atom. The van der Waals surface area contributed by atoms with Crippen molar-refractivity contribution < 1.29 is 9.53 Å². The van der Waals surface area contributed by atoms with Gasteiger partial charge in [-0.15, -0.1) is 0 Å². The summed E-state index contributed by atoms with van der Waals surface area (Å²) >= 11 is 0. The van der Waals surface area contributed by atoms with E-state index in [1.807, 2.05) is 29.2 Å². The summed E-state index contributed by atoms with van der Waals surface area (Å²) in [7, 11) is 0. The number of morpholine rings is 1. The second-order valence-corrected chi connectivity index (χ2v) is 5.24. The number of nitrogens with one attached hydrogen (secondary N) is 2. The van der Waals surface area contributed by atoms with Crippen molar-refractivity contribution in [2.45, 2.75) is 6.04 Å². The number of carbonyl (C=O) groups excluding carboxylic acids is 1. The molecule has 2 aromatic heterocycles. The normalized spacial score (nSPS) is 18.7. The molecule has 7 nitrogen and oxygen atoms in total. The number of amides is 1. The van der Waals surface area contributed by atoms with Crippen LogP contribution < -0.4 is 0 Å². The highest BCUT2D eigenvalue weighted by molar-refractivity contribution is 5.97. The summed E-state index contributed by atoms with van der Waals surface area (Å²) in [6, 6.07) is 7.23. The predicted molar refractivity (Wildman–Crippen MR) is 79.3 cm³/mol. The largest absolute Gasteiger partial charge is 0.377 e. The monoisotopic (exact) mass is 297 g/mol. The van der Waals surface area contributed by atoms with E-state index in [0.29, 0.717) is 25.3 Å². The Kier molecular flexibility index (Phi) is 3.12. The van der Waals surface area contributed by atoms with E-state index in [4.69, 9.17) is 4.74 Å². The van der Waals surface area contributed by atoms with E-state index in [2.05, 4.69) is 20.2 Å². The van der Waals surface area contributed by atoms with Gasteiger partial charge in [0.2, 0.25) is 0 Å². The fourth-order valence-electron chi connectivity index (χ4n) is 2.79. The van der Waals surface area contributed by atoms with Crippen molar-refractivity contribution in [3.63, 3.8) is 0 Å². The maximum absolute atomic E-state index is 12.9. The number of imidazole rings is 1. The van der Waals surface area contributed by atoms with Gasteiger partial charge in [-0.2, -0.15) is 5.10 Å². The summed E-state index contributed by atoms with van der Waals surface area (Å²) in [5, 5.41) is 6.89. The van der Waals surface area contributed by atoms with Crippen LogP contribution in [0.5, 0.6) is 0 Å². The van der Waals surface area contributed by atoms with Gasteiger partial charge in [-0.3, -0.25) is 9.89 Å². The van der Waals surface area contributed by atoms with Crippen LogP contribution in [0.2, 0.25) is 0 Å². The van der Waals surface area contributed by atoms with Crippen LogP contribution in [-0.2, 0) is 4.74 Å². The summed E-state index contributed by atoms with van der Waals surface area (Å²) in [6.07, 6.45) is 3.31. The van der Waals surface area contributed by atoms with Gasteiger partial charge in [0.05, 0.1) is 42.3 Å². The third kappa shape index (κ3) is 2.15. The Morgan fingerprint density at radius 1 is 1.36 bits per heavy atom. The third-order valence-corrected chi connectivity index (χ3v) is 3.94. The highest BCUT2D eigenvalue weighted by Crippen LogP contribution is 2.25. The van der Waals surface area contributed by atoms with Crippen molar-refractivity contribution in [2.24, 2.45) is 0 Å². The van der Waals surface area contributed by atoms with Crippen LogP contribution in [0.15, 0.2) is 36.8 Å². The molecule has 0 unspecified atom stereocenters. The first-order valence-corrected chi connectivity index (χ1v) is 7.14. The molecule has 1 fully saturated rings.